The fraction of sp³-hybridized carbons (Fsp3) is 0.222. The number of benzene rings is 1. The Morgan fingerprint density at radius 3 is 2.06 bits per heavy atom. The first kappa shape index (κ1) is 12.3. The number of rotatable bonds is 3. The lowest BCUT2D eigenvalue weighted by atomic mass is 10.0. The van der Waals surface area contributed by atoms with Crippen molar-refractivity contribution in [3.8, 4) is 0 Å². The first-order chi connectivity index (χ1) is 7.34. The molecule has 5 nitrogen and oxygen atoms in total. The van der Waals surface area contributed by atoms with Gasteiger partial charge in [0, 0.05) is 0 Å². The summed E-state index contributed by atoms with van der Waals surface area (Å²) in [5.74, 6) is -3.39. The van der Waals surface area contributed by atoms with Crippen molar-refractivity contribution in [3.05, 3.63) is 29.3 Å². The van der Waals surface area contributed by atoms with Crippen LogP contribution < -0.4 is 11.5 Å². The Kier molecular flexibility index (Phi) is 3.41. The van der Waals surface area contributed by atoms with Gasteiger partial charge < -0.3 is 21.7 Å². The zero-order valence-electron chi connectivity index (χ0n) is 8.02. The number of carbonyl (C=O) groups excluding carboxylic acids is 1. The van der Waals surface area contributed by atoms with Crippen molar-refractivity contribution in [2.24, 2.45) is 5.73 Å². The SMILES string of the molecule is NC(=O)C(O)C(O)c1cc(F)c(N)c(F)c1. The summed E-state index contributed by atoms with van der Waals surface area (Å²) in [5.41, 5.74) is 8.69. The molecule has 0 saturated heterocycles. The Hall–Kier alpha value is -1.73. The summed E-state index contributed by atoms with van der Waals surface area (Å²) in [5, 5.41) is 18.5. The molecule has 1 aromatic carbocycles. The van der Waals surface area contributed by atoms with Crippen LogP contribution in [-0.2, 0) is 4.79 Å². The van der Waals surface area contributed by atoms with Crippen molar-refractivity contribution in [1.82, 2.24) is 0 Å². The van der Waals surface area contributed by atoms with Gasteiger partial charge in [0.15, 0.2) is 6.10 Å². The van der Waals surface area contributed by atoms with Crippen LogP contribution in [0.25, 0.3) is 0 Å². The predicted octanol–water partition coefficient (Wildman–Crippen LogP) is -0.573. The molecule has 0 spiro atoms. The second-order valence-corrected chi connectivity index (χ2v) is 3.19. The quantitative estimate of drug-likeness (QED) is 0.523. The number of carbonyl (C=O) groups is 1. The van der Waals surface area contributed by atoms with Gasteiger partial charge in [-0.1, -0.05) is 0 Å². The molecule has 0 aliphatic carbocycles. The standard InChI is InChI=1S/C9H10F2N2O3/c10-4-1-3(2-5(11)6(4)12)7(14)8(15)9(13)16/h1-2,7-8,14-15H,12H2,(H2,13,16). The third kappa shape index (κ3) is 2.26. The fourth-order valence-electron chi connectivity index (χ4n) is 1.11. The molecule has 0 aliphatic heterocycles. The summed E-state index contributed by atoms with van der Waals surface area (Å²) in [7, 11) is 0. The van der Waals surface area contributed by atoms with Crippen LogP contribution in [0.1, 0.15) is 11.7 Å². The van der Waals surface area contributed by atoms with E-state index in [9.17, 15) is 18.7 Å². The van der Waals surface area contributed by atoms with E-state index in [-0.39, 0.29) is 5.56 Å². The highest BCUT2D eigenvalue weighted by atomic mass is 19.1. The molecule has 1 aromatic rings. The van der Waals surface area contributed by atoms with Gasteiger partial charge in [-0.2, -0.15) is 0 Å². The molecule has 0 radical (unpaired) electrons. The highest BCUT2D eigenvalue weighted by Gasteiger charge is 2.25. The molecule has 0 bridgehead atoms. The Morgan fingerprint density at radius 2 is 1.69 bits per heavy atom. The van der Waals surface area contributed by atoms with Crippen molar-refractivity contribution >= 4 is 11.6 Å². The average Bonchev–Trinajstić information content (AvgIpc) is 2.22. The number of hydrogen-bond donors (Lipinski definition) is 4. The summed E-state index contributed by atoms with van der Waals surface area (Å²) in [6.07, 6.45) is -3.75. The first-order valence-electron chi connectivity index (χ1n) is 4.24. The molecule has 0 saturated carbocycles. The summed E-state index contributed by atoms with van der Waals surface area (Å²) < 4.78 is 26.0. The monoisotopic (exact) mass is 232 g/mol. The molecule has 0 heterocycles. The number of hydrogen-bond acceptors (Lipinski definition) is 4. The molecule has 2 unspecified atom stereocenters. The van der Waals surface area contributed by atoms with Crippen LogP contribution in [0.5, 0.6) is 0 Å². The van der Waals surface area contributed by atoms with Crippen LogP contribution in [0.2, 0.25) is 0 Å². The molecule has 0 aliphatic rings. The van der Waals surface area contributed by atoms with Gasteiger partial charge in [-0.05, 0) is 17.7 Å². The van der Waals surface area contributed by atoms with Crippen molar-refractivity contribution < 1.29 is 23.8 Å². The lowest BCUT2D eigenvalue weighted by Crippen LogP contribution is -2.34. The normalized spacial score (nSPS) is 14.5. The molecule has 6 N–H and O–H groups in total. The van der Waals surface area contributed by atoms with E-state index in [1.807, 2.05) is 0 Å². The number of primary amides is 1. The highest BCUT2D eigenvalue weighted by Crippen LogP contribution is 2.23. The number of amides is 1. The highest BCUT2D eigenvalue weighted by molar-refractivity contribution is 5.79. The number of nitrogen functional groups attached to an aromatic ring is 1. The average molecular weight is 232 g/mol. The molecule has 2 atom stereocenters. The van der Waals surface area contributed by atoms with Crippen LogP contribution in [0.4, 0.5) is 14.5 Å². The van der Waals surface area contributed by atoms with Gasteiger partial charge in [-0.15, -0.1) is 0 Å². The van der Waals surface area contributed by atoms with Crippen LogP contribution in [0, 0.1) is 11.6 Å². The van der Waals surface area contributed by atoms with E-state index in [2.05, 4.69) is 0 Å². The van der Waals surface area contributed by atoms with E-state index < -0.39 is 35.4 Å². The minimum Gasteiger partial charge on any atom is -0.394 e. The lowest BCUT2D eigenvalue weighted by molar-refractivity contribution is -0.132. The molecule has 1 rings (SSSR count). The molecule has 0 aromatic heterocycles. The molecule has 0 fully saturated rings. The Bertz CT molecular complexity index is 402. The van der Waals surface area contributed by atoms with Gasteiger partial charge in [0.1, 0.15) is 23.4 Å². The third-order valence-electron chi connectivity index (χ3n) is 2.03. The van der Waals surface area contributed by atoms with Gasteiger partial charge in [-0.3, -0.25) is 4.79 Å². The molecule has 16 heavy (non-hydrogen) atoms. The van der Waals surface area contributed by atoms with Gasteiger partial charge in [0.05, 0.1) is 0 Å². The number of anilines is 1. The summed E-state index contributed by atoms with van der Waals surface area (Å²) in [4.78, 5) is 10.6. The lowest BCUT2D eigenvalue weighted by Gasteiger charge is -2.15. The maximum absolute atomic E-state index is 13.0. The van der Waals surface area contributed by atoms with E-state index in [0.29, 0.717) is 0 Å². The number of nitrogens with two attached hydrogens (primary N) is 2. The van der Waals surface area contributed by atoms with E-state index >= 15 is 0 Å². The van der Waals surface area contributed by atoms with Crippen LogP contribution in [-0.4, -0.2) is 22.2 Å². The third-order valence-corrected chi connectivity index (χ3v) is 2.03. The zero-order chi connectivity index (χ0) is 12.5. The number of halogens is 2. The predicted molar refractivity (Wildman–Crippen MR) is 50.9 cm³/mol. The second kappa shape index (κ2) is 4.42. The summed E-state index contributed by atoms with van der Waals surface area (Å²) >= 11 is 0. The van der Waals surface area contributed by atoms with Gasteiger partial charge >= 0.3 is 0 Å². The second-order valence-electron chi connectivity index (χ2n) is 3.19. The molecular weight excluding hydrogens is 222 g/mol. The van der Waals surface area contributed by atoms with Crippen molar-refractivity contribution in [3.63, 3.8) is 0 Å². The molecular formula is C9H10F2N2O3. The maximum atomic E-state index is 13.0. The summed E-state index contributed by atoms with van der Waals surface area (Å²) in [6, 6.07) is 1.43. The Balaban J connectivity index is 3.10. The largest absolute Gasteiger partial charge is 0.394 e. The van der Waals surface area contributed by atoms with E-state index in [1.54, 1.807) is 0 Å². The topological polar surface area (TPSA) is 110 Å². The van der Waals surface area contributed by atoms with Gasteiger partial charge in [-0.25, -0.2) is 8.78 Å². The van der Waals surface area contributed by atoms with Crippen molar-refractivity contribution in [1.29, 1.82) is 0 Å². The smallest absolute Gasteiger partial charge is 0.249 e. The van der Waals surface area contributed by atoms with Crippen molar-refractivity contribution in [2.45, 2.75) is 12.2 Å². The number of aliphatic hydroxyl groups excluding tert-OH is 2. The van der Waals surface area contributed by atoms with E-state index in [0.717, 1.165) is 12.1 Å². The Labute approximate surface area is 89.3 Å². The molecule has 88 valence electrons. The molecule has 7 heteroatoms. The molecule has 1 amide bonds. The fourth-order valence-corrected chi connectivity index (χ4v) is 1.11. The zero-order valence-corrected chi connectivity index (χ0v) is 8.02. The van der Waals surface area contributed by atoms with E-state index in [1.165, 1.54) is 0 Å². The maximum Gasteiger partial charge on any atom is 0.249 e. The van der Waals surface area contributed by atoms with Crippen LogP contribution >= 0.6 is 0 Å². The van der Waals surface area contributed by atoms with Gasteiger partial charge in [0.2, 0.25) is 5.91 Å². The van der Waals surface area contributed by atoms with Gasteiger partial charge in [0.25, 0.3) is 0 Å². The van der Waals surface area contributed by atoms with Crippen LogP contribution in [0.15, 0.2) is 12.1 Å². The van der Waals surface area contributed by atoms with E-state index in [4.69, 9.17) is 16.6 Å². The minimum atomic E-state index is -1.94. The number of aliphatic hydroxyl groups is 2. The first-order valence-corrected chi connectivity index (χ1v) is 4.24. The van der Waals surface area contributed by atoms with Crippen LogP contribution in [0.3, 0.4) is 0 Å². The Morgan fingerprint density at radius 1 is 1.25 bits per heavy atom. The van der Waals surface area contributed by atoms with Crippen molar-refractivity contribution in [2.75, 3.05) is 5.73 Å². The summed E-state index contributed by atoms with van der Waals surface area (Å²) in [6.45, 7) is 0. The minimum absolute atomic E-state index is 0.324.